The molecule has 0 aliphatic rings. The van der Waals surface area contributed by atoms with Crippen LogP contribution in [-0.4, -0.2) is 18.3 Å². The molecule has 15 rings (SSSR count). The van der Waals surface area contributed by atoms with Gasteiger partial charge in [0.1, 0.15) is 0 Å². The molecule has 0 saturated heterocycles. The quantitative estimate of drug-likeness (QED) is 0.153. The molecular formula is C69H39F6N5. The standard InChI is InChI=1S/C69H39F6N5/c70-68(71,72)51-28-17-29-52(69(73,74)75)62(51)50-27-16-35-58(80-56-33-14-10-26-49(56)65-60(80)39-37-47-45-24-8-12-31-54(45)78(67(47)65)43-21-5-2-6-22-43)63(50)61-41(40-76)18-15-34-57(61)79-55-32-13-9-25-48(55)64-59(79)38-36-46-44-23-7-11-30-53(44)77(66(46)64)42-19-3-1-4-20-42/h1-39H. The van der Waals surface area contributed by atoms with Crippen molar-refractivity contribution in [2.75, 3.05) is 0 Å². The summed E-state index contributed by atoms with van der Waals surface area (Å²) >= 11 is 0. The van der Waals surface area contributed by atoms with Crippen LogP contribution in [0.4, 0.5) is 26.3 Å². The van der Waals surface area contributed by atoms with Crippen LogP contribution in [0.3, 0.4) is 0 Å². The van der Waals surface area contributed by atoms with Gasteiger partial charge in [0.05, 0.1) is 78.3 Å². The first kappa shape index (κ1) is 46.9. The minimum absolute atomic E-state index is 0.00129. The zero-order valence-corrected chi connectivity index (χ0v) is 42.0. The third kappa shape index (κ3) is 6.72. The van der Waals surface area contributed by atoms with Gasteiger partial charge in [0.15, 0.2) is 0 Å². The van der Waals surface area contributed by atoms with Gasteiger partial charge in [0, 0.05) is 71.2 Å². The number of benzene rings is 11. The Hall–Kier alpha value is -10.3. The molecule has 15 aromatic rings. The predicted octanol–water partition coefficient (Wildman–Crippen LogP) is 19.3. The van der Waals surface area contributed by atoms with Gasteiger partial charge in [-0.05, 0) is 96.6 Å². The second-order valence-corrected chi connectivity index (χ2v) is 20.0. The maximum Gasteiger partial charge on any atom is 0.417 e. The summed E-state index contributed by atoms with van der Waals surface area (Å²) in [5.74, 6) is 0. The summed E-state index contributed by atoms with van der Waals surface area (Å²) in [4.78, 5) is 0. The molecule has 0 saturated carbocycles. The zero-order valence-electron chi connectivity index (χ0n) is 42.0. The predicted molar refractivity (Wildman–Crippen MR) is 309 cm³/mol. The number of hydrogen-bond donors (Lipinski definition) is 0. The zero-order chi connectivity index (χ0) is 54.2. The lowest BCUT2D eigenvalue weighted by atomic mass is 9.85. The lowest BCUT2D eigenvalue weighted by Gasteiger charge is -2.25. The van der Waals surface area contributed by atoms with Gasteiger partial charge in [-0.1, -0.05) is 146 Å². The van der Waals surface area contributed by atoms with Crippen LogP contribution in [0, 0.1) is 11.3 Å². The molecule has 0 atom stereocenters. The van der Waals surface area contributed by atoms with E-state index >= 15 is 26.3 Å². The summed E-state index contributed by atoms with van der Waals surface area (Å²) in [6, 6.07) is 74.1. The van der Waals surface area contributed by atoms with E-state index in [-0.39, 0.29) is 27.9 Å². The monoisotopic (exact) mass is 1050 g/mol. The highest BCUT2D eigenvalue weighted by Crippen LogP contribution is 2.53. The first-order chi connectivity index (χ1) is 39.0. The van der Waals surface area contributed by atoms with Crippen LogP contribution >= 0.6 is 0 Å². The Morgan fingerprint density at radius 2 is 0.688 bits per heavy atom. The molecule has 4 aromatic heterocycles. The van der Waals surface area contributed by atoms with Crippen molar-refractivity contribution in [1.29, 1.82) is 5.26 Å². The summed E-state index contributed by atoms with van der Waals surface area (Å²) < 4.78 is 103. The van der Waals surface area contributed by atoms with Crippen LogP contribution in [0.1, 0.15) is 16.7 Å². The molecule has 0 fully saturated rings. The number of halogens is 6. The molecular weight excluding hydrogens is 1010 g/mol. The van der Waals surface area contributed by atoms with Crippen molar-refractivity contribution < 1.29 is 26.3 Å². The van der Waals surface area contributed by atoms with E-state index in [1.165, 1.54) is 12.1 Å². The van der Waals surface area contributed by atoms with Crippen molar-refractivity contribution in [1.82, 2.24) is 18.3 Å². The Morgan fingerprint density at radius 3 is 1.14 bits per heavy atom. The summed E-state index contributed by atoms with van der Waals surface area (Å²) in [6.45, 7) is 0. The van der Waals surface area contributed by atoms with Crippen molar-refractivity contribution in [3.05, 3.63) is 253 Å². The molecule has 0 radical (unpaired) electrons. The van der Waals surface area contributed by atoms with E-state index in [1.807, 2.05) is 161 Å². The number of aromatic nitrogens is 4. The molecule has 382 valence electrons. The van der Waals surface area contributed by atoms with Crippen LogP contribution in [0.15, 0.2) is 237 Å². The highest BCUT2D eigenvalue weighted by molar-refractivity contribution is 6.28. The summed E-state index contributed by atoms with van der Waals surface area (Å²) in [5, 5.41) is 18.8. The normalized spacial score (nSPS) is 12.4. The van der Waals surface area contributed by atoms with E-state index in [2.05, 4.69) is 45.5 Å². The van der Waals surface area contributed by atoms with Crippen LogP contribution in [0.25, 0.3) is 132 Å². The van der Waals surface area contributed by atoms with E-state index in [4.69, 9.17) is 0 Å². The smallest absolute Gasteiger partial charge is 0.309 e. The van der Waals surface area contributed by atoms with Crippen LogP contribution in [-0.2, 0) is 12.4 Å². The average molecular weight is 1050 g/mol. The number of para-hydroxylation sites is 6. The van der Waals surface area contributed by atoms with Crippen LogP contribution in [0.5, 0.6) is 0 Å². The van der Waals surface area contributed by atoms with Gasteiger partial charge in [-0.25, -0.2) is 0 Å². The van der Waals surface area contributed by atoms with Crippen molar-refractivity contribution in [2.24, 2.45) is 0 Å². The summed E-state index contributed by atoms with van der Waals surface area (Å²) in [6.07, 6.45) is -10.5. The summed E-state index contributed by atoms with van der Waals surface area (Å²) in [5.41, 5.74) is 4.67. The molecule has 80 heavy (non-hydrogen) atoms. The average Bonchev–Trinajstić information content (AvgIpc) is 4.37. The van der Waals surface area contributed by atoms with E-state index < -0.39 is 29.0 Å². The van der Waals surface area contributed by atoms with Crippen LogP contribution < -0.4 is 0 Å². The van der Waals surface area contributed by atoms with Gasteiger partial charge in [-0.15, -0.1) is 0 Å². The van der Waals surface area contributed by atoms with Crippen molar-refractivity contribution in [3.63, 3.8) is 0 Å². The largest absolute Gasteiger partial charge is 0.417 e. The van der Waals surface area contributed by atoms with E-state index in [0.717, 1.165) is 82.6 Å². The molecule has 0 N–H and O–H groups in total. The number of nitriles is 1. The van der Waals surface area contributed by atoms with Gasteiger partial charge in [0.25, 0.3) is 0 Å². The first-order valence-corrected chi connectivity index (χ1v) is 26.0. The van der Waals surface area contributed by atoms with Gasteiger partial charge in [-0.2, -0.15) is 31.6 Å². The molecule has 0 amide bonds. The number of hydrogen-bond acceptors (Lipinski definition) is 1. The maximum atomic E-state index is 15.8. The van der Waals surface area contributed by atoms with Gasteiger partial charge < -0.3 is 18.3 Å². The topological polar surface area (TPSA) is 43.5 Å². The lowest BCUT2D eigenvalue weighted by Crippen LogP contribution is -2.15. The molecule has 0 aliphatic heterocycles. The molecule has 11 aromatic carbocycles. The molecule has 0 bridgehead atoms. The molecule has 4 heterocycles. The Morgan fingerprint density at radius 1 is 0.300 bits per heavy atom. The first-order valence-electron chi connectivity index (χ1n) is 26.0. The van der Waals surface area contributed by atoms with E-state index in [0.29, 0.717) is 39.9 Å². The minimum atomic E-state index is -5.24. The molecule has 0 unspecified atom stereocenters. The van der Waals surface area contributed by atoms with E-state index in [9.17, 15) is 5.26 Å². The Balaban J connectivity index is 1.14. The Labute approximate surface area is 451 Å². The van der Waals surface area contributed by atoms with Crippen molar-refractivity contribution >= 4 is 87.2 Å². The van der Waals surface area contributed by atoms with Gasteiger partial charge in [0.2, 0.25) is 0 Å². The maximum absolute atomic E-state index is 15.8. The fraction of sp³-hybridized carbons (Fsp3) is 0.0290. The minimum Gasteiger partial charge on any atom is -0.309 e. The molecule has 0 spiro atoms. The fourth-order valence-corrected chi connectivity index (χ4v) is 12.8. The second kappa shape index (κ2) is 17.3. The lowest BCUT2D eigenvalue weighted by molar-refractivity contribution is -0.142. The Bertz CT molecular complexity index is 5070. The molecule has 11 heteroatoms. The molecule has 5 nitrogen and oxygen atoms in total. The van der Waals surface area contributed by atoms with Gasteiger partial charge >= 0.3 is 12.4 Å². The van der Waals surface area contributed by atoms with Gasteiger partial charge in [-0.3, -0.25) is 0 Å². The van der Waals surface area contributed by atoms with E-state index in [1.54, 1.807) is 24.3 Å². The van der Waals surface area contributed by atoms with Crippen molar-refractivity contribution in [3.8, 4) is 51.1 Å². The SMILES string of the molecule is N#Cc1cccc(-n2c3ccccc3c3c2ccc2c4ccccc4n(-c4ccccc4)c23)c1-c1c(-c2c(C(F)(F)F)cccc2C(F)(F)F)cccc1-n1c2ccccc2c2c1ccc1c3ccccc3n(-c3ccccc3)c12. The Kier molecular flexibility index (Phi) is 10.2. The number of fused-ring (bicyclic) bond motifs is 14. The number of alkyl halides is 6. The number of nitrogens with zero attached hydrogens (tertiary/aromatic N) is 5. The summed E-state index contributed by atoms with van der Waals surface area (Å²) in [7, 11) is 0. The molecule has 0 aliphatic carbocycles. The highest BCUT2D eigenvalue weighted by Gasteiger charge is 2.42. The second-order valence-electron chi connectivity index (χ2n) is 20.0. The third-order valence-electron chi connectivity index (χ3n) is 15.9. The fourth-order valence-electron chi connectivity index (χ4n) is 12.8. The van der Waals surface area contributed by atoms with Crippen LogP contribution in [0.2, 0.25) is 0 Å². The highest BCUT2D eigenvalue weighted by atomic mass is 19.4. The number of rotatable bonds is 6. The van der Waals surface area contributed by atoms with Crippen molar-refractivity contribution in [2.45, 2.75) is 12.4 Å². The third-order valence-corrected chi connectivity index (χ3v) is 15.9.